The molecule has 3 heterocycles. The fraction of sp³-hybridized carbons (Fsp3) is 0.391. The van der Waals surface area contributed by atoms with Crippen molar-refractivity contribution in [2.45, 2.75) is 39.8 Å². The number of ether oxygens (including phenoxy) is 1. The Labute approximate surface area is 191 Å². The third-order valence-corrected chi connectivity index (χ3v) is 4.67. The van der Waals surface area contributed by atoms with Gasteiger partial charge in [0.2, 0.25) is 0 Å². The Balaban J connectivity index is 0.000000420. The molecule has 0 radical (unpaired) electrons. The van der Waals surface area contributed by atoms with E-state index in [1.165, 1.54) is 0 Å². The van der Waals surface area contributed by atoms with Gasteiger partial charge in [0.05, 0.1) is 18.8 Å². The zero-order valence-electron chi connectivity index (χ0n) is 19.0. The summed E-state index contributed by atoms with van der Waals surface area (Å²) in [5.41, 5.74) is 2.51. The predicted molar refractivity (Wildman–Crippen MR) is 124 cm³/mol. The van der Waals surface area contributed by atoms with Crippen molar-refractivity contribution in [3.63, 3.8) is 0 Å². The molecule has 1 atom stereocenters. The van der Waals surface area contributed by atoms with Crippen LogP contribution in [0, 0.1) is 6.92 Å². The summed E-state index contributed by atoms with van der Waals surface area (Å²) >= 11 is 0. The maximum Gasteiger partial charge on any atom is 0.300 e. The van der Waals surface area contributed by atoms with Crippen molar-refractivity contribution in [3.05, 3.63) is 52.6 Å². The van der Waals surface area contributed by atoms with Crippen molar-refractivity contribution in [1.29, 1.82) is 0 Å². The average Bonchev–Trinajstić information content (AvgIpc) is 3.20. The number of aryl methyl sites for hydroxylation is 2. The topological polar surface area (TPSA) is 147 Å². The van der Waals surface area contributed by atoms with Gasteiger partial charge >= 0.3 is 0 Å². The first-order valence-corrected chi connectivity index (χ1v) is 10.5. The summed E-state index contributed by atoms with van der Waals surface area (Å²) < 4.78 is 7.55. The first-order chi connectivity index (χ1) is 15.7. The van der Waals surface area contributed by atoms with E-state index in [2.05, 4.69) is 21.4 Å². The van der Waals surface area contributed by atoms with Gasteiger partial charge in [0.15, 0.2) is 0 Å². The lowest BCUT2D eigenvalue weighted by atomic mass is 10.1. The number of imidazole rings is 1. The maximum absolute atomic E-state index is 12.5. The lowest BCUT2D eigenvalue weighted by Gasteiger charge is -2.24. The lowest BCUT2D eigenvalue weighted by Crippen LogP contribution is -2.41. The molecule has 3 aromatic rings. The summed E-state index contributed by atoms with van der Waals surface area (Å²) in [4.78, 5) is 37.9. The van der Waals surface area contributed by atoms with Crippen molar-refractivity contribution >= 4 is 22.8 Å². The van der Waals surface area contributed by atoms with Crippen LogP contribution in [0.3, 0.4) is 0 Å². The van der Waals surface area contributed by atoms with E-state index in [1.54, 1.807) is 6.20 Å². The van der Waals surface area contributed by atoms with Crippen LogP contribution in [0.15, 0.2) is 41.5 Å². The Morgan fingerprint density at radius 2 is 1.91 bits per heavy atom. The van der Waals surface area contributed by atoms with E-state index in [0.717, 1.165) is 63.0 Å². The van der Waals surface area contributed by atoms with Gasteiger partial charge in [-0.05, 0) is 36.9 Å². The molecule has 1 fully saturated rings. The SMILES string of the molecule is CC(=O)O.CC(=O)O.Cc1ccc2[nH]c(=O)c(-c3nccn3CCC3COCCN3)cc2c1. The minimum absolute atomic E-state index is 0.108. The van der Waals surface area contributed by atoms with Gasteiger partial charge in [-0.1, -0.05) is 11.6 Å². The highest BCUT2D eigenvalue weighted by molar-refractivity contribution is 5.83. The van der Waals surface area contributed by atoms with Gasteiger partial charge in [-0.3, -0.25) is 14.4 Å². The molecule has 4 rings (SSSR count). The number of carboxylic acids is 2. The number of nitrogens with zero attached hydrogens (tertiary/aromatic N) is 2. The van der Waals surface area contributed by atoms with E-state index >= 15 is 0 Å². The Morgan fingerprint density at radius 3 is 2.55 bits per heavy atom. The number of morpholine rings is 1. The van der Waals surface area contributed by atoms with Gasteiger partial charge in [0.25, 0.3) is 17.5 Å². The van der Waals surface area contributed by atoms with E-state index in [0.29, 0.717) is 17.4 Å². The van der Waals surface area contributed by atoms with Crippen LogP contribution in [-0.2, 0) is 20.9 Å². The van der Waals surface area contributed by atoms with Gasteiger partial charge in [-0.2, -0.15) is 0 Å². The van der Waals surface area contributed by atoms with Gasteiger partial charge in [-0.25, -0.2) is 4.98 Å². The second-order valence-electron chi connectivity index (χ2n) is 7.60. The zero-order chi connectivity index (χ0) is 24.4. The molecular weight excluding hydrogens is 428 g/mol. The third-order valence-electron chi connectivity index (χ3n) is 4.67. The van der Waals surface area contributed by atoms with Crippen LogP contribution in [0.2, 0.25) is 0 Å². The first kappa shape index (κ1) is 25.8. The van der Waals surface area contributed by atoms with Crippen LogP contribution in [0.25, 0.3) is 22.3 Å². The van der Waals surface area contributed by atoms with Crippen LogP contribution in [0.5, 0.6) is 0 Å². The minimum atomic E-state index is -0.833. The summed E-state index contributed by atoms with van der Waals surface area (Å²) in [6.45, 7) is 7.41. The van der Waals surface area contributed by atoms with Crippen LogP contribution in [0.1, 0.15) is 25.8 Å². The molecule has 0 spiro atoms. The Bertz CT molecular complexity index is 1110. The number of benzene rings is 1. The maximum atomic E-state index is 12.5. The molecule has 2 aromatic heterocycles. The zero-order valence-corrected chi connectivity index (χ0v) is 19.0. The van der Waals surface area contributed by atoms with Crippen LogP contribution in [-0.4, -0.2) is 62.5 Å². The number of aliphatic carboxylic acids is 2. The number of H-pyrrole nitrogens is 1. The predicted octanol–water partition coefficient (Wildman–Crippen LogP) is 2.26. The average molecular weight is 459 g/mol. The smallest absolute Gasteiger partial charge is 0.300 e. The van der Waals surface area contributed by atoms with Crippen molar-refractivity contribution < 1.29 is 24.5 Å². The van der Waals surface area contributed by atoms with E-state index in [-0.39, 0.29) is 5.56 Å². The summed E-state index contributed by atoms with van der Waals surface area (Å²) in [6.07, 6.45) is 4.62. The number of carbonyl (C=O) groups is 2. The number of nitrogens with one attached hydrogen (secondary N) is 2. The van der Waals surface area contributed by atoms with Gasteiger partial charge in [0.1, 0.15) is 5.82 Å². The molecule has 0 aliphatic carbocycles. The highest BCUT2D eigenvalue weighted by Gasteiger charge is 2.15. The molecule has 1 aromatic carbocycles. The molecule has 33 heavy (non-hydrogen) atoms. The molecular formula is C23H30N4O6. The van der Waals surface area contributed by atoms with Crippen LogP contribution >= 0.6 is 0 Å². The summed E-state index contributed by atoms with van der Waals surface area (Å²) in [5, 5.41) is 19.3. The van der Waals surface area contributed by atoms with Crippen molar-refractivity contribution in [3.8, 4) is 11.4 Å². The number of aromatic amines is 1. The van der Waals surface area contributed by atoms with Crippen LogP contribution < -0.4 is 10.9 Å². The van der Waals surface area contributed by atoms with Crippen molar-refractivity contribution in [2.75, 3.05) is 19.8 Å². The summed E-state index contributed by atoms with van der Waals surface area (Å²) in [7, 11) is 0. The molecule has 1 aliphatic heterocycles. The van der Waals surface area contributed by atoms with Crippen molar-refractivity contribution in [1.82, 2.24) is 19.9 Å². The molecule has 0 saturated carbocycles. The van der Waals surface area contributed by atoms with Gasteiger partial charge < -0.3 is 29.8 Å². The van der Waals surface area contributed by atoms with E-state index in [1.807, 2.05) is 35.9 Å². The number of hydrogen-bond acceptors (Lipinski definition) is 6. The molecule has 0 amide bonds. The minimum Gasteiger partial charge on any atom is -0.481 e. The third kappa shape index (κ3) is 8.51. The second-order valence-corrected chi connectivity index (χ2v) is 7.60. The summed E-state index contributed by atoms with van der Waals surface area (Å²) in [5.74, 6) is -0.957. The van der Waals surface area contributed by atoms with E-state index < -0.39 is 11.9 Å². The Hall–Kier alpha value is -3.50. The normalized spacial score (nSPS) is 15.1. The molecule has 1 aliphatic rings. The fourth-order valence-electron chi connectivity index (χ4n) is 3.33. The second kappa shape index (κ2) is 12.5. The van der Waals surface area contributed by atoms with Gasteiger partial charge in [-0.15, -0.1) is 0 Å². The molecule has 1 unspecified atom stereocenters. The Kier molecular flexibility index (Phi) is 9.77. The quantitative estimate of drug-likeness (QED) is 0.466. The summed E-state index contributed by atoms with van der Waals surface area (Å²) in [6, 6.07) is 8.30. The molecule has 10 nitrogen and oxygen atoms in total. The lowest BCUT2D eigenvalue weighted by molar-refractivity contribution is -0.135. The number of aromatic nitrogens is 3. The molecule has 0 bridgehead atoms. The van der Waals surface area contributed by atoms with Gasteiger partial charge in [0, 0.05) is 50.9 Å². The molecule has 178 valence electrons. The molecule has 10 heteroatoms. The molecule has 4 N–H and O–H groups in total. The molecule has 1 saturated heterocycles. The number of carboxylic acid groups (broad SMARTS) is 2. The number of rotatable bonds is 4. The Morgan fingerprint density at radius 1 is 1.21 bits per heavy atom. The highest BCUT2D eigenvalue weighted by Crippen LogP contribution is 2.20. The fourth-order valence-corrected chi connectivity index (χ4v) is 3.33. The number of pyridine rings is 1. The largest absolute Gasteiger partial charge is 0.481 e. The van der Waals surface area contributed by atoms with E-state index in [4.69, 9.17) is 24.5 Å². The van der Waals surface area contributed by atoms with E-state index in [9.17, 15) is 4.79 Å². The monoisotopic (exact) mass is 458 g/mol. The first-order valence-electron chi connectivity index (χ1n) is 10.5. The standard InChI is InChI=1S/C19H22N4O2.2C2H4O2/c1-13-2-3-17-14(10-13)11-16(19(24)22-17)18-21-5-8-23(18)7-4-15-12-25-9-6-20-15;2*1-2(3)4/h2-3,5,8,10-11,15,20H,4,6-7,9,12H2,1H3,(H,22,24);2*1H3,(H,3,4). The number of fused-ring (bicyclic) bond motifs is 1. The van der Waals surface area contributed by atoms with Crippen LogP contribution in [0.4, 0.5) is 0 Å². The van der Waals surface area contributed by atoms with Crippen molar-refractivity contribution in [2.24, 2.45) is 0 Å². The highest BCUT2D eigenvalue weighted by atomic mass is 16.5. The number of hydrogen-bond donors (Lipinski definition) is 4.